The third-order valence-corrected chi connectivity index (χ3v) is 5.74. The van der Waals surface area contributed by atoms with Crippen molar-refractivity contribution in [3.8, 4) is 0 Å². The Hall–Kier alpha value is -3.77. The van der Waals surface area contributed by atoms with Gasteiger partial charge in [-0.25, -0.2) is 4.98 Å². The summed E-state index contributed by atoms with van der Waals surface area (Å²) in [7, 11) is 1.85. The molecule has 4 aromatic rings. The van der Waals surface area contributed by atoms with Gasteiger partial charge in [0, 0.05) is 25.2 Å². The summed E-state index contributed by atoms with van der Waals surface area (Å²) in [5, 5.41) is 6.38. The average molecular weight is 441 g/mol. The fourth-order valence-electron chi connectivity index (χ4n) is 3.93. The van der Waals surface area contributed by atoms with Gasteiger partial charge in [0.05, 0.1) is 17.6 Å². The lowest BCUT2D eigenvalue weighted by atomic mass is 10.0. The molecule has 0 aliphatic heterocycles. The van der Waals surface area contributed by atoms with E-state index in [0.717, 1.165) is 17.5 Å². The number of benzene rings is 3. The normalized spacial score (nSPS) is 11.9. The molecule has 1 heterocycles. The van der Waals surface area contributed by atoms with Crippen molar-refractivity contribution in [3.63, 3.8) is 0 Å². The highest BCUT2D eigenvalue weighted by atomic mass is 16.2. The van der Waals surface area contributed by atoms with Crippen molar-refractivity contribution in [1.29, 1.82) is 0 Å². The summed E-state index contributed by atoms with van der Waals surface area (Å²) in [5.74, 6) is 0.243. The van der Waals surface area contributed by atoms with Gasteiger partial charge >= 0.3 is 0 Å². The van der Waals surface area contributed by atoms with E-state index in [1.54, 1.807) is 0 Å². The third-order valence-electron chi connectivity index (χ3n) is 5.74. The predicted molar refractivity (Wildman–Crippen MR) is 130 cm³/mol. The van der Waals surface area contributed by atoms with Gasteiger partial charge in [0.1, 0.15) is 0 Å². The topological polar surface area (TPSA) is 76.0 Å². The molecule has 33 heavy (non-hydrogen) atoms. The van der Waals surface area contributed by atoms with Gasteiger partial charge in [-0.2, -0.15) is 0 Å². The molecule has 0 saturated heterocycles. The second kappa shape index (κ2) is 10.7. The fraction of sp³-hybridized carbons (Fsp3) is 0.222. The van der Waals surface area contributed by atoms with Gasteiger partial charge in [-0.15, -0.1) is 0 Å². The van der Waals surface area contributed by atoms with Crippen LogP contribution in [0.25, 0.3) is 11.0 Å². The fourth-order valence-corrected chi connectivity index (χ4v) is 3.93. The highest BCUT2D eigenvalue weighted by Gasteiger charge is 2.17. The Morgan fingerprint density at radius 1 is 0.909 bits per heavy atom. The number of carbonyl (C=O) groups excluding carboxylic acids is 2. The van der Waals surface area contributed by atoms with E-state index >= 15 is 0 Å². The molecule has 6 heteroatoms. The van der Waals surface area contributed by atoms with Crippen LogP contribution in [0, 0.1) is 0 Å². The second-order valence-corrected chi connectivity index (χ2v) is 8.08. The molecule has 0 saturated carbocycles. The largest absolute Gasteiger partial charge is 0.349 e. The van der Waals surface area contributed by atoms with Gasteiger partial charge in [0.25, 0.3) is 5.91 Å². The Morgan fingerprint density at radius 3 is 2.30 bits per heavy atom. The number of fused-ring (bicyclic) bond motifs is 1. The molecular weight excluding hydrogens is 412 g/mol. The molecule has 0 aliphatic rings. The van der Waals surface area contributed by atoms with Crippen LogP contribution in [0.4, 0.5) is 0 Å². The number of ketones is 1. The first-order valence-electron chi connectivity index (χ1n) is 11.2. The standard InChI is InChI=1S/C27H28N4O2/c1-31-24-15-9-8-14-23(24)30-26(31)27(33)28-17-16-22(18-20-10-4-2-5-11-20)29-19-25(32)21-12-6-3-7-13-21/h2-15,22,29H,16-19H2,1H3,(H,28,33). The van der Waals surface area contributed by atoms with Crippen molar-refractivity contribution in [1.82, 2.24) is 20.2 Å². The van der Waals surface area contributed by atoms with E-state index in [0.29, 0.717) is 24.4 Å². The lowest BCUT2D eigenvalue weighted by Gasteiger charge is -2.19. The Bertz CT molecular complexity index is 1220. The van der Waals surface area contributed by atoms with Crippen molar-refractivity contribution in [3.05, 3.63) is 102 Å². The minimum atomic E-state index is -0.201. The number of carbonyl (C=O) groups is 2. The SMILES string of the molecule is Cn1c(C(=O)NCCC(Cc2ccccc2)NCC(=O)c2ccccc2)nc2ccccc21. The molecule has 0 radical (unpaired) electrons. The maximum Gasteiger partial charge on any atom is 0.287 e. The van der Waals surface area contributed by atoms with Gasteiger partial charge in [-0.3, -0.25) is 9.59 Å². The van der Waals surface area contributed by atoms with Crippen molar-refractivity contribution >= 4 is 22.7 Å². The number of rotatable bonds is 10. The monoisotopic (exact) mass is 440 g/mol. The lowest BCUT2D eigenvalue weighted by molar-refractivity contribution is 0.0935. The van der Waals surface area contributed by atoms with Crippen LogP contribution in [0.3, 0.4) is 0 Å². The lowest BCUT2D eigenvalue weighted by Crippen LogP contribution is -2.38. The molecule has 168 valence electrons. The number of imidazole rings is 1. The van der Waals surface area contributed by atoms with Crippen molar-refractivity contribution < 1.29 is 9.59 Å². The number of Topliss-reactive ketones (excluding diaryl/α,β-unsaturated/α-hetero) is 1. The number of nitrogens with one attached hydrogen (secondary N) is 2. The Morgan fingerprint density at radius 2 is 1.58 bits per heavy atom. The van der Waals surface area contributed by atoms with Crippen LogP contribution in [0.2, 0.25) is 0 Å². The first kappa shape index (κ1) is 22.4. The first-order valence-corrected chi connectivity index (χ1v) is 11.2. The summed E-state index contributed by atoms with van der Waals surface area (Å²) in [6, 6.07) is 27.2. The molecule has 0 spiro atoms. The molecule has 1 atom stereocenters. The third kappa shape index (κ3) is 5.73. The van der Waals surface area contributed by atoms with Gasteiger partial charge < -0.3 is 15.2 Å². The van der Waals surface area contributed by atoms with E-state index in [-0.39, 0.29) is 24.3 Å². The van der Waals surface area contributed by atoms with Crippen molar-refractivity contribution in [2.45, 2.75) is 18.9 Å². The Labute approximate surface area is 193 Å². The highest BCUT2D eigenvalue weighted by molar-refractivity contribution is 5.97. The summed E-state index contributed by atoms with van der Waals surface area (Å²) in [5.41, 5.74) is 3.60. The molecule has 1 amide bonds. The Balaban J connectivity index is 1.37. The number of aryl methyl sites for hydroxylation is 1. The molecule has 0 aliphatic carbocycles. The second-order valence-electron chi connectivity index (χ2n) is 8.08. The summed E-state index contributed by atoms with van der Waals surface area (Å²) < 4.78 is 1.81. The molecule has 0 fully saturated rings. The van der Waals surface area contributed by atoms with Crippen LogP contribution in [0.1, 0.15) is 33.0 Å². The zero-order valence-corrected chi connectivity index (χ0v) is 18.7. The average Bonchev–Trinajstić information content (AvgIpc) is 3.20. The number of hydrogen-bond donors (Lipinski definition) is 2. The van der Waals surface area contributed by atoms with Crippen LogP contribution in [0.5, 0.6) is 0 Å². The van der Waals surface area contributed by atoms with E-state index in [1.807, 2.05) is 84.4 Å². The van der Waals surface area contributed by atoms with Gasteiger partial charge in [-0.05, 0) is 30.5 Å². The summed E-state index contributed by atoms with van der Waals surface area (Å²) in [6.45, 7) is 0.728. The van der Waals surface area contributed by atoms with Crippen LogP contribution in [-0.4, -0.2) is 40.4 Å². The van der Waals surface area contributed by atoms with E-state index in [4.69, 9.17) is 0 Å². The first-order chi connectivity index (χ1) is 16.1. The number of aromatic nitrogens is 2. The minimum Gasteiger partial charge on any atom is -0.349 e. The van der Waals surface area contributed by atoms with E-state index < -0.39 is 0 Å². The smallest absolute Gasteiger partial charge is 0.287 e. The quantitative estimate of drug-likeness (QED) is 0.368. The molecule has 0 bridgehead atoms. The van der Waals surface area contributed by atoms with Crippen LogP contribution in [0.15, 0.2) is 84.9 Å². The number of amides is 1. The highest BCUT2D eigenvalue weighted by Crippen LogP contribution is 2.14. The zero-order valence-electron chi connectivity index (χ0n) is 18.7. The van der Waals surface area contributed by atoms with E-state index in [2.05, 4.69) is 27.8 Å². The van der Waals surface area contributed by atoms with Crippen LogP contribution in [-0.2, 0) is 13.5 Å². The van der Waals surface area contributed by atoms with Crippen LogP contribution < -0.4 is 10.6 Å². The summed E-state index contributed by atoms with van der Waals surface area (Å²) >= 11 is 0. The minimum absolute atomic E-state index is 0.0424. The molecule has 6 nitrogen and oxygen atoms in total. The number of hydrogen-bond acceptors (Lipinski definition) is 4. The summed E-state index contributed by atoms with van der Waals surface area (Å²) in [6.07, 6.45) is 1.46. The Kier molecular flexibility index (Phi) is 7.27. The molecule has 4 rings (SSSR count). The number of para-hydroxylation sites is 2. The van der Waals surface area contributed by atoms with Gasteiger partial charge in [0.15, 0.2) is 11.6 Å². The molecule has 2 N–H and O–H groups in total. The van der Waals surface area contributed by atoms with Gasteiger partial charge in [-0.1, -0.05) is 72.8 Å². The number of nitrogens with zero attached hydrogens (tertiary/aromatic N) is 2. The summed E-state index contributed by atoms with van der Waals surface area (Å²) in [4.78, 5) is 29.8. The molecule has 1 unspecified atom stereocenters. The van der Waals surface area contributed by atoms with Crippen molar-refractivity contribution in [2.24, 2.45) is 7.05 Å². The maximum absolute atomic E-state index is 12.8. The van der Waals surface area contributed by atoms with Crippen LogP contribution >= 0.6 is 0 Å². The maximum atomic E-state index is 12.8. The predicted octanol–water partition coefficient (Wildman–Crippen LogP) is 3.78. The van der Waals surface area contributed by atoms with Crippen molar-refractivity contribution in [2.75, 3.05) is 13.1 Å². The molecule has 1 aromatic heterocycles. The molecular formula is C27H28N4O2. The van der Waals surface area contributed by atoms with Gasteiger partial charge in [0.2, 0.25) is 0 Å². The van der Waals surface area contributed by atoms with E-state index in [1.165, 1.54) is 5.56 Å². The van der Waals surface area contributed by atoms with E-state index in [9.17, 15) is 9.59 Å². The molecule has 3 aromatic carbocycles. The zero-order chi connectivity index (χ0) is 23.0.